The SMILES string of the molecule is Cc1ccnc(NNC(N)=S)c1NC(=O)OCc1cc(OC(F)(F)F)ccc1OP(=O)(OCC[Si](C)(C)C)OCC[Si](C)(C)C. The number of halogens is 3. The average Bonchev–Trinajstić information content (AvgIpc) is 2.86. The number of carbonyl (C=O) groups is 1. The molecule has 5 N–H and O–H groups in total. The topological polar surface area (TPSA) is 155 Å². The lowest BCUT2D eigenvalue weighted by atomic mass is 10.2. The number of benzene rings is 1. The lowest BCUT2D eigenvalue weighted by Gasteiger charge is -2.24. The molecule has 0 radical (unpaired) electrons. The van der Waals surface area contributed by atoms with E-state index in [1.54, 1.807) is 13.0 Å². The number of hydrazine groups is 1. The first-order valence-electron chi connectivity index (χ1n) is 13.8. The molecule has 0 bridgehead atoms. The van der Waals surface area contributed by atoms with Gasteiger partial charge in [-0.1, -0.05) is 39.3 Å². The number of anilines is 2. The van der Waals surface area contributed by atoms with Gasteiger partial charge in [0.15, 0.2) is 10.9 Å². The summed E-state index contributed by atoms with van der Waals surface area (Å²) in [5.41, 5.74) is 11.3. The lowest BCUT2D eigenvalue weighted by molar-refractivity contribution is -0.274. The zero-order valence-electron chi connectivity index (χ0n) is 26.3. The van der Waals surface area contributed by atoms with Crippen LogP contribution in [0.25, 0.3) is 0 Å². The summed E-state index contributed by atoms with van der Waals surface area (Å²) >= 11 is 4.76. The minimum Gasteiger partial charge on any atom is -0.444 e. The second kappa shape index (κ2) is 16.1. The van der Waals surface area contributed by atoms with Gasteiger partial charge in [-0.05, 0) is 61.1 Å². The molecule has 0 atom stereocenters. The standard InChI is InChI=1S/C26H41F3N5O7PSSi2/c1-18-10-11-31-23(33-34-24(30)43)22(18)32-25(35)37-17-19-16-20(40-26(27,28)29)8-9-21(19)41-42(36,38-12-14-44(2,3)4)39-13-15-45(5,6)7/h8-11,16H,12-15,17H2,1-7H3,(H,31,33)(H,32,35)(H3,30,34,43). The molecule has 2 rings (SSSR count). The number of carbonyl (C=O) groups excluding carboxylic acids is 1. The van der Waals surface area contributed by atoms with Crippen molar-refractivity contribution in [2.75, 3.05) is 24.0 Å². The molecule has 0 aliphatic heterocycles. The molecule has 2 aromatic rings. The predicted octanol–water partition coefficient (Wildman–Crippen LogP) is 7.39. The Balaban J connectivity index is 2.33. The summed E-state index contributed by atoms with van der Waals surface area (Å²) in [6.07, 6.45) is -4.51. The van der Waals surface area contributed by atoms with E-state index < -0.39 is 48.8 Å². The molecule has 0 aliphatic rings. The Labute approximate surface area is 268 Å². The van der Waals surface area contributed by atoms with Crippen LogP contribution in [0, 0.1) is 6.92 Å². The minimum absolute atomic E-state index is 0.0773. The van der Waals surface area contributed by atoms with Crippen molar-refractivity contribution in [1.29, 1.82) is 0 Å². The van der Waals surface area contributed by atoms with Crippen molar-refractivity contribution < 1.29 is 45.6 Å². The Morgan fingerprint density at radius 1 is 1.04 bits per heavy atom. The third-order valence-electron chi connectivity index (χ3n) is 5.73. The van der Waals surface area contributed by atoms with Crippen molar-refractivity contribution in [3.63, 3.8) is 0 Å². The summed E-state index contributed by atoms with van der Waals surface area (Å²) in [7, 11) is -7.43. The van der Waals surface area contributed by atoms with E-state index in [-0.39, 0.29) is 41.1 Å². The number of nitrogens with zero attached hydrogens (tertiary/aromatic N) is 1. The number of alkyl halides is 3. The highest BCUT2D eigenvalue weighted by Crippen LogP contribution is 2.51. The molecule has 0 spiro atoms. The number of hydrogen-bond donors (Lipinski definition) is 4. The van der Waals surface area contributed by atoms with Gasteiger partial charge in [0.25, 0.3) is 0 Å². The van der Waals surface area contributed by atoms with Crippen molar-refractivity contribution in [3.05, 3.63) is 41.6 Å². The van der Waals surface area contributed by atoms with Gasteiger partial charge in [0.05, 0.1) is 18.9 Å². The van der Waals surface area contributed by atoms with Crippen molar-refractivity contribution in [3.8, 4) is 11.5 Å². The Morgan fingerprint density at radius 2 is 1.64 bits per heavy atom. The molecule has 0 saturated carbocycles. The summed E-state index contributed by atoms with van der Waals surface area (Å²) in [6, 6.07) is 5.98. The number of aromatic nitrogens is 1. The molecule has 1 aromatic carbocycles. The van der Waals surface area contributed by atoms with Gasteiger partial charge in [-0.3, -0.25) is 25.2 Å². The number of pyridine rings is 1. The van der Waals surface area contributed by atoms with E-state index >= 15 is 0 Å². The number of thiocarbonyl (C=S) groups is 1. The van der Waals surface area contributed by atoms with Gasteiger partial charge in [-0.15, -0.1) is 13.2 Å². The maximum absolute atomic E-state index is 13.8. The first kappa shape index (κ1) is 38.3. The number of ether oxygens (including phenoxy) is 2. The number of amides is 1. The molecule has 1 aromatic heterocycles. The highest BCUT2D eigenvalue weighted by molar-refractivity contribution is 7.80. The Morgan fingerprint density at radius 3 is 2.18 bits per heavy atom. The number of phosphoric ester groups is 1. The molecule has 19 heteroatoms. The van der Waals surface area contributed by atoms with E-state index in [2.05, 4.69) is 65.2 Å². The van der Waals surface area contributed by atoms with Crippen molar-refractivity contribution in [1.82, 2.24) is 10.4 Å². The quantitative estimate of drug-likeness (QED) is 0.0594. The van der Waals surface area contributed by atoms with E-state index in [1.807, 2.05) is 0 Å². The molecule has 12 nitrogen and oxygen atoms in total. The van der Waals surface area contributed by atoms with Gasteiger partial charge < -0.3 is 19.7 Å². The lowest BCUT2D eigenvalue weighted by Crippen LogP contribution is -2.34. The second-order valence-corrected chi connectivity index (χ2v) is 25.6. The molecule has 252 valence electrons. The largest absolute Gasteiger partial charge is 0.573 e. The van der Waals surface area contributed by atoms with Crippen LogP contribution in [0.5, 0.6) is 11.5 Å². The molecule has 0 saturated heterocycles. The number of nitrogens with two attached hydrogens (primary N) is 1. The number of hydrogen-bond acceptors (Lipinski definition) is 10. The van der Waals surface area contributed by atoms with Crippen LogP contribution in [-0.2, 0) is 25.0 Å². The fraction of sp³-hybridized carbons (Fsp3) is 0.500. The van der Waals surface area contributed by atoms with E-state index in [4.69, 9.17) is 36.3 Å². The zero-order valence-corrected chi connectivity index (χ0v) is 30.0. The molecule has 45 heavy (non-hydrogen) atoms. The molecule has 0 fully saturated rings. The van der Waals surface area contributed by atoms with Gasteiger partial charge in [0.1, 0.15) is 18.1 Å². The summed E-state index contributed by atoms with van der Waals surface area (Å²) in [4.78, 5) is 16.9. The van der Waals surface area contributed by atoms with Crippen LogP contribution in [0.3, 0.4) is 0 Å². The van der Waals surface area contributed by atoms with E-state index in [0.717, 1.165) is 18.2 Å². The monoisotopic (exact) mass is 711 g/mol. The smallest absolute Gasteiger partial charge is 0.444 e. The first-order valence-corrected chi connectivity index (χ1v) is 23.1. The van der Waals surface area contributed by atoms with Crippen LogP contribution in [0.2, 0.25) is 51.4 Å². The summed E-state index contributed by atoms with van der Waals surface area (Å²) < 4.78 is 79.2. The van der Waals surface area contributed by atoms with Crippen LogP contribution >= 0.6 is 20.0 Å². The Bertz CT molecular complexity index is 1350. The summed E-state index contributed by atoms with van der Waals surface area (Å²) in [5.74, 6) is -0.625. The second-order valence-electron chi connectivity index (χ2n) is 12.3. The highest BCUT2D eigenvalue weighted by Gasteiger charge is 2.34. The Hall–Kier alpha value is -2.90. The number of nitrogens with one attached hydrogen (secondary N) is 3. The van der Waals surface area contributed by atoms with E-state index in [0.29, 0.717) is 17.7 Å². The zero-order chi connectivity index (χ0) is 34.1. The van der Waals surface area contributed by atoms with Crippen LogP contribution in [-0.4, -0.2) is 51.9 Å². The summed E-state index contributed by atoms with van der Waals surface area (Å²) in [5, 5.41) is 2.44. The number of rotatable bonds is 16. The molecule has 1 heterocycles. The summed E-state index contributed by atoms with van der Waals surface area (Å²) in [6.45, 7) is 14.0. The third kappa shape index (κ3) is 15.3. The van der Waals surface area contributed by atoms with Crippen molar-refractivity contribution in [2.45, 2.75) is 71.3 Å². The fourth-order valence-electron chi connectivity index (χ4n) is 3.31. The van der Waals surface area contributed by atoms with Gasteiger partial charge >= 0.3 is 20.3 Å². The van der Waals surface area contributed by atoms with Crippen molar-refractivity contribution >= 4 is 58.9 Å². The van der Waals surface area contributed by atoms with Gasteiger partial charge in [0, 0.05) is 27.9 Å². The third-order valence-corrected chi connectivity index (χ3v) is 10.7. The number of phosphoric acid groups is 1. The molecular weight excluding hydrogens is 671 g/mol. The van der Waals surface area contributed by atoms with E-state index in [1.165, 1.54) is 6.20 Å². The molecular formula is C26H41F3N5O7PSSi2. The van der Waals surface area contributed by atoms with Crippen LogP contribution < -0.4 is 31.2 Å². The Kier molecular flexibility index (Phi) is 13.7. The maximum Gasteiger partial charge on any atom is 0.573 e. The van der Waals surface area contributed by atoms with Crippen LogP contribution in [0.15, 0.2) is 30.5 Å². The molecule has 1 amide bonds. The van der Waals surface area contributed by atoms with Crippen molar-refractivity contribution in [2.24, 2.45) is 5.73 Å². The van der Waals surface area contributed by atoms with E-state index in [9.17, 15) is 22.5 Å². The average molecular weight is 712 g/mol. The fourth-order valence-corrected chi connectivity index (χ4v) is 6.36. The molecule has 0 aliphatic carbocycles. The van der Waals surface area contributed by atoms with Gasteiger partial charge in [-0.2, -0.15) is 0 Å². The van der Waals surface area contributed by atoms with Gasteiger partial charge in [-0.25, -0.2) is 14.3 Å². The molecule has 0 unspecified atom stereocenters. The van der Waals surface area contributed by atoms with Crippen LogP contribution in [0.4, 0.5) is 29.5 Å². The maximum atomic E-state index is 13.8. The first-order chi connectivity index (χ1) is 20.6. The minimum atomic E-state index is -4.99. The number of aryl methyl sites for hydroxylation is 1. The normalized spacial score (nSPS) is 12.3. The van der Waals surface area contributed by atoms with Crippen LogP contribution in [0.1, 0.15) is 11.1 Å². The highest BCUT2D eigenvalue weighted by atomic mass is 32.1. The van der Waals surface area contributed by atoms with Gasteiger partial charge in [0.2, 0.25) is 0 Å². The predicted molar refractivity (Wildman–Crippen MR) is 176 cm³/mol.